The smallest absolute Gasteiger partial charge is 0.337 e. The van der Waals surface area contributed by atoms with Gasteiger partial charge in [-0.3, -0.25) is 4.72 Å². The number of carboxylic acids is 1. The molecule has 0 bridgehead atoms. The van der Waals surface area contributed by atoms with Gasteiger partial charge in [0.15, 0.2) is 0 Å². The maximum Gasteiger partial charge on any atom is 0.337 e. The first-order valence-corrected chi connectivity index (χ1v) is 8.22. The highest BCUT2D eigenvalue weighted by Gasteiger charge is 2.19. The van der Waals surface area contributed by atoms with E-state index in [1.807, 2.05) is 0 Å². The summed E-state index contributed by atoms with van der Waals surface area (Å²) in [6.07, 6.45) is 1.58. The van der Waals surface area contributed by atoms with Crippen LogP contribution in [-0.2, 0) is 10.0 Å². The molecule has 2 rings (SSSR count). The van der Waals surface area contributed by atoms with Crippen LogP contribution in [0.4, 0.5) is 11.4 Å². The van der Waals surface area contributed by atoms with Gasteiger partial charge in [-0.2, -0.15) is 0 Å². The molecule has 23 heavy (non-hydrogen) atoms. The van der Waals surface area contributed by atoms with Crippen molar-refractivity contribution in [2.45, 2.75) is 4.90 Å². The third kappa shape index (κ3) is 4.10. The van der Waals surface area contributed by atoms with Gasteiger partial charge in [0.2, 0.25) is 0 Å². The van der Waals surface area contributed by atoms with E-state index in [4.69, 9.17) is 0 Å². The maximum atomic E-state index is 12.4. The van der Waals surface area contributed by atoms with Crippen LogP contribution in [0, 0.1) is 0 Å². The average molecular weight is 332 g/mol. The molecule has 0 heterocycles. The van der Waals surface area contributed by atoms with Crippen LogP contribution in [0.5, 0.6) is 0 Å². The van der Waals surface area contributed by atoms with Gasteiger partial charge < -0.3 is 10.4 Å². The Morgan fingerprint density at radius 1 is 1.17 bits per heavy atom. The van der Waals surface area contributed by atoms with Crippen molar-refractivity contribution in [3.8, 4) is 0 Å². The quantitative estimate of drug-likeness (QED) is 0.678. The second-order valence-corrected chi connectivity index (χ2v) is 6.34. The Morgan fingerprint density at radius 2 is 1.87 bits per heavy atom. The predicted octanol–water partition coefficient (Wildman–Crippen LogP) is 2.78. The van der Waals surface area contributed by atoms with E-state index in [1.165, 1.54) is 12.1 Å². The van der Waals surface area contributed by atoms with E-state index in [0.29, 0.717) is 17.9 Å². The number of carbonyl (C=O) groups is 1. The van der Waals surface area contributed by atoms with E-state index in [-0.39, 0.29) is 10.5 Å². The highest BCUT2D eigenvalue weighted by Crippen LogP contribution is 2.22. The first kappa shape index (κ1) is 16.6. The molecule has 7 heteroatoms. The summed E-state index contributed by atoms with van der Waals surface area (Å²) in [4.78, 5) is 11.2. The number of para-hydroxylation sites is 1. The zero-order valence-corrected chi connectivity index (χ0v) is 13.0. The summed E-state index contributed by atoms with van der Waals surface area (Å²) < 4.78 is 27.1. The first-order chi connectivity index (χ1) is 10.9. The van der Waals surface area contributed by atoms with Crippen LogP contribution in [0.15, 0.2) is 66.1 Å². The summed E-state index contributed by atoms with van der Waals surface area (Å²) in [5.74, 6) is -1.21. The monoisotopic (exact) mass is 332 g/mol. The number of anilines is 2. The molecule has 0 aliphatic rings. The van der Waals surface area contributed by atoms with E-state index < -0.39 is 16.0 Å². The SMILES string of the molecule is C=CCNc1ccc(S(=O)(=O)Nc2ccccc2)cc1C(=O)O. The lowest BCUT2D eigenvalue weighted by atomic mass is 10.2. The molecule has 2 aromatic rings. The molecule has 0 aliphatic carbocycles. The summed E-state index contributed by atoms with van der Waals surface area (Å²) >= 11 is 0. The fourth-order valence-electron chi connectivity index (χ4n) is 1.92. The number of hydrogen-bond donors (Lipinski definition) is 3. The van der Waals surface area contributed by atoms with Crippen LogP contribution in [0.25, 0.3) is 0 Å². The van der Waals surface area contributed by atoms with Gasteiger partial charge in [-0.05, 0) is 30.3 Å². The Balaban J connectivity index is 2.37. The summed E-state index contributed by atoms with van der Waals surface area (Å²) in [6.45, 7) is 3.91. The molecule has 120 valence electrons. The second kappa shape index (κ2) is 6.97. The molecule has 0 aliphatic heterocycles. The Hall–Kier alpha value is -2.80. The Kier molecular flexibility index (Phi) is 5.02. The molecule has 0 saturated heterocycles. The van der Waals surface area contributed by atoms with Gasteiger partial charge >= 0.3 is 5.97 Å². The number of sulfonamides is 1. The van der Waals surface area contributed by atoms with Crippen LogP contribution in [0.3, 0.4) is 0 Å². The summed E-state index contributed by atoms with van der Waals surface area (Å²) in [5, 5.41) is 12.1. The third-order valence-electron chi connectivity index (χ3n) is 2.99. The lowest BCUT2D eigenvalue weighted by Gasteiger charge is -2.12. The van der Waals surface area contributed by atoms with Gasteiger partial charge in [-0.25, -0.2) is 13.2 Å². The van der Waals surface area contributed by atoms with E-state index >= 15 is 0 Å². The van der Waals surface area contributed by atoms with Crippen LogP contribution in [0.2, 0.25) is 0 Å². The van der Waals surface area contributed by atoms with Crippen molar-refractivity contribution < 1.29 is 18.3 Å². The van der Waals surface area contributed by atoms with Crippen molar-refractivity contribution in [2.75, 3.05) is 16.6 Å². The molecule has 2 aromatic carbocycles. The summed E-state index contributed by atoms with van der Waals surface area (Å²) in [7, 11) is -3.87. The molecular weight excluding hydrogens is 316 g/mol. The molecular formula is C16H16N2O4S. The number of rotatable bonds is 7. The van der Waals surface area contributed by atoms with Crippen molar-refractivity contribution in [3.63, 3.8) is 0 Å². The molecule has 0 saturated carbocycles. The molecule has 0 atom stereocenters. The van der Waals surface area contributed by atoms with Crippen LogP contribution in [-0.4, -0.2) is 26.0 Å². The highest BCUT2D eigenvalue weighted by molar-refractivity contribution is 7.92. The molecule has 3 N–H and O–H groups in total. The molecule has 0 radical (unpaired) electrons. The van der Waals surface area contributed by atoms with Gasteiger partial charge in [0.05, 0.1) is 10.5 Å². The number of hydrogen-bond acceptors (Lipinski definition) is 4. The lowest BCUT2D eigenvalue weighted by Crippen LogP contribution is -2.14. The fraction of sp³-hybridized carbons (Fsp3) is 0.0625. The zero-order chi connectivity index (χ0) is 16.9. The van der Waals surface area contributed by atoms with E-state index in [2.05, 4.69) is 16.6 Å². The molecule has 0 spiro atoms. The number of aromatic carboxylic acids is 1. The van der Waals surface area contributed by atoms with E-state index in [0.717, 1.165) is 6.07 Å². The zero-order valence-electron chi connectivity index (χ0n) is 12.2. The van der Waals surface area contributed by atoms with Crippen molar-refractivity contribution in [2.24, 2.45) is 0 Å². The minimum atomic E-state index is -3.87. The largest absolute Gasteiger partial charge is 0.478 e. The molecule has 6 nitrogen and oxygen atoms in total. The third-order valence-corrected chi connectivity index (χ3v) is 4.37. The van der Waals surface area contributed by atoms with E-state index in [9.17, 15) is 18.3 Å². The predicted molar refractivity (Wildman–Crippen MR) is 89.3 cm³/mol. The summed E-state index contributed by atoms with van der Waals surface area (Å²) in [5.41, 5.74) is 0.608. The van der Waals surface area contributed by atoms with Crippen molar-refractivity contribution in [3.05, 3.63) is 66.7 Å². The standard InChI is InChI=1S/C16H16N2O4S/c1-2-10-17-15-9-8-13(11-14(15)16(19)20)23(21,22)18-12-6-4-3-5-7-12/h2-9,11,17-18H,1,10H2,(H,19,20). The van der Waals surface area contributed by atoms with Crippen molar-refractivity contribution in [1.29, 1.82) is 0 Å². The minimum absolute atomic E-state index is 0.122. The lowest BCUT2D eigenvalue weighted by molar-refractivity contribution is 0.0697. The highest BCUT2D eigenvalue weighted by atomic mass is 32.2. The Labute approximate surface area is 134 Å². The number of benzene rings is 2. The van der Waals surface area contributed by atoms with E-state index in [1.54, 1.807) is 36.4 Å². The Morgan fingerprint density at radius 3 is 2.48 bits per heavy atom. The van der Waals surface area contributed by atoms with Gasteiger partial charge in [0.25, 0.3) is 10.0 Å². The van der Waals surface area contributed by atoms with Gasteiger partial charge in [-0.1, -0.05) is 24.3 Å². The summed E-state index contributed by atoms with van der Waals surface area (Å²) in [6, 6.07) is 12.3. The van der Waals surface area contributed by atoms with Crippen LogP contribution in [0.1, 0.15) is 10.4 Å². The molecule has 0 unspecified atom stereocenters. The maximum absolute atomic E-state index is 12.4. The first-order valence-electron chi connectivity index (χ1n) is 6.74. The normalized spacial score (nSPS) is 10.8. The number of carboxylic acid groups (broad SMARTS) is 1. The number of nitrogens with one attached hydrogen (secondary N) is 2. The van der Waals surface area contributed by atoms with Gasteiger partial charge in [0.1, 0.15) is 0 Å². The van der Waals surface area contributed by atoms with Crippen molar-refractivity contribution in [1.82, 2.24) is 0 Å². The van der Waals surface area contributed by atoms with Crippen LogP contribution >= 0.6 is 0 Å². The minimum Gasteiger partial charge on any atom is -0.478 e. The fourth-order valence-corrected chi connectivity index (χ4v) is 3.01. The second-order valence-electron chi connectivity index (χ2n) is 4.65. The topological polar surface area (TPSA) is 95.5 Å². The molecule has 0 amide bonds. The van der Waals surface area contributed by atoms with Gasteiger partial charge in [-0.15, -0.1) is 6.58 Å². The molecule has 0 aromatic heterocycles. The van der Waals surface area contributed by atoms with Gasteiger partial charge in [0, 0.05) is 17.9 Å². The Bertz CT molecular complexity index is 817. The van der Waals surface area contributed by atoms with Crippen LogP contribution < -0.4 is 10.0 Å². The average Bonchev–Trinajstić information content (AvgIpc) is 2.53. The van der Waals surface area contributed by atoms with Crippen molar-refractivity contribution >= 4 is 27.4 Å². The molecule has 0 fully saturated rings.